The molecule has 1 amide bonds. The van der Waals surface area contributed by atoms with Gasteiger partial charge in [0.05, 0.1) is 6.10 Å². The number of rotatable bonds is 7. The van der Waals surface area contributed by atoms with Gasteiger partial charge in [-0.05, 0) is 32.8 Å². The fraction of sp³-hybridized carbons (Fsp3) is 0.562. The fourth-order valence-corrected chi connectivity index (χ4v) is 1.79. The second-order valence-electron chi connectivity index (χ2n) is 5.04. The van der Waals surface area contributed by atoms with E-state index in [2.05, 4.69) is 5.32 Å². The summed E-state index contributed by atoms with van der Waals surface area (Å²) in [6.45, 7) is 7.59. The number of ether oxygens (including phenoxy) is 1. The number of hydrogen-bond acceptors (Lipinski definition) is 3. The molecule has 0 radical (unpaired) electrons. The van der Waals surface area contributed by atoms with E-state index in [9.17, 15) is 9.90 Å². The largest absolute Gasteiger partial charge is 0.481 e. The number of benzene rings is 1. The molecule has 1 aromatic rings. The number of carbonyl (C=O) groups excluding carboxylic acids is 1. The van der Waals surface area contributed by atoms with E-state index in [4.69, 9.17) is 4.74 Å². The number of hydrogen-bond donors (Lipinski definition) is 2. The molecule has 0 spiro atoms. The number of para-hydroxylation sites is 1. The van der Waals surface area contributed by atoms with Gasteiger partial charge in [0.25, 0.3) is 5.91 Å². The van der Waals surface area contributed by atoms with Crippen LogP contribution in [0.1, 0.15) is 52.2 Å². The number of amides is 1. The summed E-state index contributed by atoms with van der Waals surface area (Å²) in [5.74, 6) is 0.425. The lowest BCUT2D eigenvalue weighted by Crippen LogP contribution is -2.41. The molecule has 2 N–H and O–H groups in total. The van der Waals surface area contributed by atoms with Crippen LogP contribution in [0.4, 0.5) is 0 Å². The van der Waals surface area contributed by atoms with Gasteiger partial charge in [0.2, 0.25) is 0 Å². The van der Waals surface area contributed by atoms with Crippen molar-refractivity contribution in [2.24, 2.45) is 0 Å². The third-order valence-corrected chi connectivity index (χ3v) is 3.34. The summed E-state index contributed by atoms with van der Waals surface area (Å²) >= 11 is 0. The predicted octanol–water partition coefficient (Wildman–Crippen LogP) is 2.81. The van der Waals surface area contributed by atoms with E-state index in [1.54, 1.807) is 13.0 Å². The van der Waals surface area contributed by atoms with Gasteiger partial charge in [-0.25, -0.2) is 0 Å². The average molecular weight is 279 g/mol. The molecule has 3 atom stereocenters. The summed E-state index contributed by atoms with van der Waals surface area (Å²) in [6.07, 6.45) is 0.322. The maximum atomic E-state index is 12.0. The summed E-state index contributed by atoms with van der Waals surface area (Å²) < 4.78 is 5.70. The maximum absolute atomic E-state index is 12.0. The van der Waals surface area contributed by atoms with Crippen molar-refractivity contribution in [2.45, 2.75) is 58.8 Å². The van der Waals surface area contributed by atoms with E-state index in [-0.39, 0.29) is 11.9 Å². The van der Waals surface area contributed by atoms with Crippen molar-refractivity contribution in [1.82, 2.24) is 5.32 Å². The van der Waals surface area contributed by atoms with E-state index < -0.39 is 12.2 Å². The van der Waals surface area contributed by atoms with Crippen molar-refractivity contribution in [2.75, 3.05) is 0 Å². The Kier molecular flexibility index (Phi) is 6.52. The maximum Gasteiger partial charge on any atom is 0.260 e. The summed E-state index contributed by atoms with van der Waals surface area (Å²) in [5.41, 5.74) is 0.721. The normalized spacial score (nSPS) is 15.2. The predicted molar refractivity (Wildman–Crippen MR) is 79.7 cm³/mol. The number of carbonyl (C=O) groups is 1. The van der Waals surface area contributed by atoms with E-state index >= 15 is 0 Å². The van der Waals surface area contributed by atoms with E-state index in [1.807, 2.05) is 39.0 Å². The number of aliphatic hydroxyl groups excluding tert-OH is 1. The van der Waals surface area contributed by atoms with E-state index in [1.165, 1.54) is 0 Å². The van der Waals surface area contributed by atoms with Crippen LogP contribution in [0, 0.1) is 0 Å². The van der Waals surface area contributed by atoms with Crippen LogP contribution >= 0.6 is 0 Å². The van der Waals surface area contributed by atoms with Gasteiger partial charge in [0.1, 0.15) is 5.75 Å². The quantitative estimate of drug-likeness (QED) is 0.807. The smallest absolute Gasteiger partial charge is 0.260 e. The zero-order chi connectivity index (χ0) is 15.1. The SMILES string of the molecule is CCC(C)NC(=O)C(C)Oc1ccccc1C(O)CC. The minimum atomic E-state index is -0.589. The van der Waals surface area contributed by atoms with Gasteiger partial charge in [0.15, 0.2) is 6.10 Å². The van der Waals surface area contributed by atoms with Gasteiger partial charge in [0, 0.05) is 11.6 Å². The molecule has 0 aliphatic rings. The molecule has 0 aliphatic heterocycles. The van der Waals surface area contributed by atoms with Crippen molar-refractivity contribution >= 4 is 5.91 Å². The van der Waals surface area contributed by atoms with Gasteiger partial charge in [-0.3, -0.25) is 4.79 Å². The Balaban J connectivity index is 2.75. The Labute approximate surface area is 121 Å². The first-order valence-corrected chi connectivity index (χ1v) is 7.23. The van der Waals surface area contributed by atoms with Crippen LogP contribution in [0.25, 0.3) is 0 Å². The summed E-state index contributed by atoms with van der Waals surface area (Å²) in [6, 6.07) is 7.42. The highest BCUT2D eigenvalue weighted by Gasteiger charge is 2.19. The highest BCUT2D eigenvalue weighted by Crippen LogP contribution is 2.27. The number of nitrogens with one attached hydrogen (secondary N) is 1. The van der Waals surface area contributed by atoms with E-state index in [0.29, 0.717) is 12.2 Å². The second kappa shape index (κ2) is 7.90. The van der Waals surface area contributed by atoms with Crippen molar-refractivity contribution in [1.29, 1.82) is 0 Å². The average Bonchev–Trinajstić information content (AvgIpc) is 2.46. The zero-order valence-corrected chi connectivity index (χ0v) is 12.7. The minimum Gasteiger partial charge on any atom is -0.481 e. The summed E-state index contributed by atoms with van der Waals surface area (Å²) in [5, 5.41) is 12.9. The Morgan fingerprint density at radius 2 is 1.90 bits per heavy atom. The van der Waals surface area contributed by atoms with Crippen molar-refractivity contribution in [3.05, 3.63) is 29.8 Å². The first kappa shape index (κ1) is 16.5. The first-order valence-electron chi connectivity index (χ1n) is 7.23. The molecule has 0 saturated carbocycles. The minimum absolute atomic E-state index is 0.130. The topological polar surface area (TPSA) is 58.6 Å². The van der Waals surface area contributed by atoms with Gasteiger partial charge < -0.3 is 15.2 Å². The first-order chi connectivity index (χ1) is 9.49. The molecule has 1 aromatic carbocycles. The van der Waals surface area contributed by atoms with Crippen molar-refractivity contribution in [3.8, 4) is 5.75 Å². The lowest BCUT2D eigenvalue weighted by molar-refractivity contribution is -0.127. The summed E-state index contributed by atoms with van der Waals surface area (Å²) in [4.78, 5) is 12.0. The van der Waals surface area contributed by atoms with E-state index in [0.717, 1.165) is 12.0 Å². The molecule has 0 aliphatic carbocycles. The molecule has 3 unspecified atom stereocenters. The van der Waals surface area contributed by atoms with Gasteiger partial charge in [-0.2, -0.15) is 0 Å². The van der Waals surface area contributed by atoms with Crippen LogP contribution < -0.4 is 10.1 Å². The molecule has 4 heteroatoms. The lowest BCUT2D eigenvalue weighted by atomic mass is 10.1. The standard InChI is InChI=1S/C16H25NO3/c1-5-11(3)17-16(19)12(4)20-15-10-8-7-9-13(15)14(18)6-2/h7-12,14,18H,5-6H2,1-4H3,(H,17,19). The lowest BCUT2D eigenvalue weighted by Gasteiger charge is -2.20. The molecular weight excluding hydrogens is 254 g/mol. The Morgan fingerprint density at radius 3 is 2.50 bits per heavy atom. The van der Waals surface area contributed by atoms with Gasteiger partial charge in [-0.15, -0.1) is 0 Å². The van der Waals surface area contributed by atoms with Gasteiger partial charge in [-0.1, -0.05) is 32.0 Å². The monoisotopic (exact) mass is 279 g/mol. The van der Waals surface area contributed by atoms with Gasteiger partial charge >= 0.3 is 0 Å². The van der Waals surface area contributed by atoms with Crippen LogP contribution in [0.5, 0.6) is 5.75 Å². The molecule has 0 heterocycles. The van der Waals surface area contributed by atoms with Crippen LogP contribution in [-0.2, 0) is 4.79 Å². The molecule has 112 valence electrons. The fourth-order valence-electron chi connectivity index (χ4n) is 1.79. The molecule has 0 fully saturated rings. The van der Waals surface area contributed by atoms with Crippen molar-refractivity contribution in [3.63, 3.8) is 0 Å². The van der Waals surface area contributed by atoms with Crippen LogP contribution in [0.15, 0.2) is 24.3 Å². The molecular formula is C16H25NO3. The van der Waals surface area contributed by atoms with Crippen LogP contribution in [0.3, 0.4) is 0 Å². The molecule has 20 heavy (non-hydrogen) atoms. The third kappa shape index (κ3) is 4.53. The molecule has 4 nitrogen and oxygen atoms in total. The molecule has 0 aromatic heterocycles. The van der Waals surface area contributed by atoms with Crippen LogP contribution in [-0.4, -0.2) is 23.2 Å². The zero-order valence-electron chi connectivity index (χ0n) is 12.7. The number of aliphatic hydroxyl groups is 1. The highest BCUT2D eigenvalue weighted by atomic mass is 16.5. The Morgan fingerprint density at radius 1 is 1.25 bits per heavy atom. The molecule has 0 bridgehead atoms. The Hall–Kier alpha value is -1.55. The Bertz CT molecular complexity index is 433. The molecule has 0 saturated heterocycles. The second-order valence-corrected chi connectivity index (χ2v) is 5.04. The molecule has 1 rings (SSSR count). The van der Waals surface area contributed by atoms with Crippen LogP contribution in [0.2, 0.25) is 0 Å². The third-order valence-electron chi connectivity index (χ3n) is 3.34. The summed E-state index contributed by atoms with van der Waals surface area (Å²) in [7, 11) is 0. The highest BCUT2D eigenvalue weighted by molar-refractivity contribution is 5.81. The van der Waals surface area contributed by atoms with Crippen molar-refractivity contribution < 1.29 is 14.6 Å².